The van der Waals surface area contributed by atoms with E-state index in [1.54, 1.807) is 7.11 Å². The highest BCUT2D eigenvalue weighted by atomic mass is 35.5. The van der Waals surface area contributed by atoms with Gasteiger partial charge in [0.1, 0.15) is 11.6 Å². The SMILES string of the molecule is COc1ccc2c(c1)nc(CCl)n2CC1(C)CCCO1. The smallest absolute Gasteiger partial charge is 0.124 e. The predicted octanol–water partition coefficient (Wildman–Crippen LogP) is 3.35. The summed E-state index contributed by atoms with van der Waals surface area (Å²) < 4.78 is 13.3. The number of benzene rings is 1. The van der Waals surface area contributed by atoms with Crippen LogP contribution in [0, 0.1) is 0 Å². The minimum atomic E-state index is -0.117. The van der Waals surface area contributed by atoms with Crippen molar-refractivity contribution < 1.29 is 9.47 Å². The lowest BCUT2D eigenvalue weighted by atomic mass is 10.0. The van der Waals surface area contributed by atoms with E-state index in [1.807, 2.05) is 18.2 Å². The van der Waals surface area contributed by atoms with Crippen molar-refractivity contribution in [2.75, 3.05) is 13.7 Å². The van der Waals surface area contributed by atoms with Crippen LogP contribution >= 0.6 is 11.6 Å². The van der Waals surface area contributed by atoms with E-state index >= 15 is 0 Å². The summed E-state index contributed by atoms with van der Waals surface area (Å²) in [6.45, 7) is 3.79. The first-order chi connectivity index (χ1) is 9.65. The number of methoxy groups -OCH3 is 1. The number of rotatable bonds is 4. The van der Waals surface area contributed by atoms with Crippen LogP contribution < -0.4 is 4.74 Å². The molecule has 20 heavy (non-hydrogen) atoms. The summed E-state index contributed by atoms with van der Waals surface area (Å²) in [4.78, 5) is 4.61. The maximum Gasteiger partial charge on any atom is 0.124 e. The molecule has 1 fully saturated rings. The van der Waals surface area contributed by atoms with Crippen molar-refractivity contribution in [3.63, 3.8) is 0 Å². The van der Waals surface area contributed by atoms with Crippen LogP contribution in [0.25, 0.3) is 11.0 Å². The van der Waals surface area contributed by atoms with Crippen LogP contribution in [0.15, 0.2) is 18.2 Å². The first-order valence-corrected chi connectivity index (χ1v) is 7.42. The fraction of sp³-hybridized carbons (Fsp3) is 0.533. The largest absolute Gasteiger partial charge is 0.497 e. The lowest BCUT2D eigenvalue weighted by Crippen LogP contribution is -2.30. The van der Waals surface area contributed by atoms with Gasteiger partial charge in [0.25, 0.3) is 0 Å². The highest BCUT2D eigenvalue weighted by Crippen LogP contribution is 2.30. The molecule has 5 heteroatoms. The van der Waals surface area contributed by atoms with E-state index in [1.165, 1.54) is 0 Å². The second-order valence-corrected chi connectivity index (χ2v) is 5.77. The molecule has 108 valence electrons. The molecule has 0 bridgehead atoms. The minimum absolute atomic E-state index is 0.117. The summed E-state index contributed by atoms with van der Waals surface area (Å²) in [7, 11) is 1.66. The lowest BCUT2D eigenvalue weighted by molar-refractivity contribution is 0.00661. The summed E-state index contributed by atoms with van der Waals surface area (Å²) >= 11 is 6.05. The number of nitrogens with zero attached hydrogens (tertiary/aromatic N) is 2. The summed E-state index contributed by atoms with van der Waals surface area (Å²) in [5.74, 6) is 2.09. The summed E-state index contributed by atoms with van der Waals surface area (Å²) in [6.07, 6.45) is 2.19. The van der Waals surface area contributed by atoms with E-state index in [0.29, 0.717) is 5.88 Å². The standard InChI is InChI=1S/C15H19ClN2O2/c1-15(6-3-7-20-15)10-18-13-5-4-11(19-2)8-12(13)17-14(18)9-16/h4-5,8H,3,6-7,9-10H2,1-2H3. The molecule has 1 aromatic carbocycles. The fourth-order valence-corrected chi connectivity index (χ4v) is 3.06. The number of aromatic nitrogens is 2. The number of hydrogen-bond acceptors (Lipinski definition) is 3. The minimum Gasteiger partial charge on any atom is -0.497 e. The van der Waals surface area contributed by atoms with Crippen LogP contribution in [0.3, 0.4) is 0 Å². The van der Waals surface area contributed by atoms with Gasteiger partial charge in [-0.25, -0.2) is 4.98 Å². The third-order valence-corrected chi connectivity index (χ3v) is 4.19. The molecular formula is C15H19ClN2O2. The van der Waals surface area contributed by atoms with Gasteiger partial charge >= 0.3 is 0 Å². The fourth-order valence-electron chi connectivity index (χ4n) is 2.86. The molecule has 1 atom stereocenters. The Morgan fingerprint density at radius 1 is 1.50 bits per heavy atom. The van der Waals surface area contributed by atoms with Gasteiger partial charge in [0, 0.05) is 12.7 Å². The quantitative estimate of drug-likeness (QED) is 0.811. The molecule has 1 aliphatic rings. The normalized spacial score (nSPS) is 22.6. The summed E-state index contributed by atoms with van der Waals surface area (Å²) in [5, 5.41) is 0. The molecule has 0 aliphatic carbocycles. The van der Waals surface area contributed by atoms with E-state index < -0.39 is 0 Å². The van der Waals surface area contributed by atoms with Gasteiger partial charge in [-0.3, -0.25) is 0 Å². The maximum absolute atomic E-state index is 6.05. The van der Waals surface area contributed by atoms with Crippen molar-refractivity contribution in [3.05, 3.63) is 24.0 Å². The first-order valence-electron chi connectivity index (χ1n) is 6.88. The van der Waals surface area contributed by atoms with Gasteiger partial charge in [0.2, 0.25) is 0 Å². The Hall–Kier alpha value is -1.26. The van der Waals surface area contributed by atoms with E-state index in [9.17, 15) is 0 Å². The highest BCUT2D eigenvalue weighted by Gasteiger charge is 2.31. The third-order valence-electron chi connectivity index (χ3n) is 3.95. The zero-order valence-electron chi connectivity index (χ0n) is 11.9. The third kappa shape index (κ3) is 2.38. The van der Waals surface area contributed by atoms with Gasteiger partial charge < -0.3 is 14.0 Å². The molecule has 2 aromatic rings. The number of halogens is 1. The highest BCUT2D eigenvalue weighted by molar-refractivity contribution is 6.16. The average molecular weight is 295 g/mol. The molecule has 0 radical (unpaired) electrons. The maximum atomic E-state index is 6.05. The molecule has 0 spiro atoms. The molecule has 0 amide bonds. The monoisotopic (exact) mass is 294 g/mol. The Morgan fingerprint density at radius 2 is 2.35 bits per heavy atom. The van der Waals surface area contributed by atoms with E-state index in [0.717, 1.165) is 48.6 Å². The Morgan fingerprint density at radius 3 is 3.00 bits per heavy atom. The summed E-state index contributed by atoms with van der Waals surface area (Å²) in [5.41, 5.74) is 1.88. The van der Waals surface area contributed by atoms with Crippen LogP contribution in [-0.4, -0.2) is 28.9 Å². The molecule has 0 N–H and O–H groups in total. The second-order valence-electron chi connectivity index (χ2n) is 5.50. The van der Waals surface area contributed by atoms with E-state index in [-0.39, 0.29) is 5.60 Å². The van der Waals surface area contributed by atoms with Crippen LogP contribution in [0.5, 0.6) is 5.75 Å². The van der Waals surface area contributed by atoms with Crippen LogP contribution in [0.4, 0.5) is 0 Å². The molecule has 1 aliphatic heterocycles. The van der Waals surface area contributed by atoms with E-state index in [2.05, 4.69) is 16.5 Å². The molecule has 3 rings (SSSR count). The Labute approximate surface area is 123 Å². The number of alkyl halides is 1. The number of hydrogen-bond donors (Lipinski definition) is 0. The lowest BCUT2D eigenvalue weighted by Gasteiger charge is -2.25. The first kappa shape index (κ1) is 13.7. The number of ether oxygens (including phenoxy) is 2. The Bertz CT molecular complexity index is 618. The van der Waals surface area contributed by atoms with Gasteiger partial charge in [-0.05, 0) is 31.9 Å². The van der Waals surface area contributed by atoms with E-state index in [4.69, 9.17) is 21.1 Å². The second kappa shape index (κ2) is 5.26. The van der Waals surface area contributed by atoms with Gasteiger partial charge in [-0.15, -0.1) is 11.6 Å². The van der Waals surface area contributed by atoms with Crippen molar-refractivity contribution in [2.45, 2.75) is 37.8 Å². The van der Waals surface area contributed by atoms with Gasteiger partial charge in [0.15, 0.2) is 0 Å². The van der Waals surface area contributed by atoms with Crippen molar-refractivity contribution >= 4 is 22.6 Å². The van der Waals surface area contributed by atoms with Crippen molar-refractivity contribution in [1.82, 2.24) is 9.55 Å². The Kier molecular flexibility index (Phi) is 3.61. The Balaban J connectivity index is 2.03. The molecule has 2 heterocycles. The van der Waals surface area contributed by atoms with Gasteiger partial charge in [-0.1, -0.05) is 0 Å². The van der Waals surface area contributed by atoms with Crippen molar-refractivity contribution in [3.8, 4) is 5.75 Å². The average Bonchev–Trinajstić information content (AvgIpc) is 3.03. The van der Waals surface area contributed by atoms with Gasteiger partial charge in [-0.2, -0.15) is 0 Å². The number of fused-ring (bicyclic) bond motifs is 1. The molecule has 0 saturated carbocycles. The predicted molar refractivity (Wildman–Crippen MR) is 79.4 cm³/mol. The molecule has 4 nitrogen and oxygen atoms in total. The van der Waals surface area contributed by atoms with Crippen LogP contribution in [0.2, 0.25) is 0 Å². The molecule has 1 aromatic heterocycles. The van der Waals surface area contributed by atoms with Crippen LogP contribution in [0.1, 0.15) is 25.6 Å². The van der Waals surface area contributed by atoms with Crippen LogP contribution in [-0.2, 0) is 17.2 Å². The zero-order chi connectivity index (χ0) is 14.2. The molecule has 1 unspecified atom stereocenters. The van der Waals surface area contributed by atoms with Crippen molar-refractivity contribution in [1.29, 1.82) is 0 Å². The molecule has 1 saturated heterocycles. The van der Waals surface area contributed by atoms with Gasteiger partial charge in [0.05, 0.1) is 36.2 Å². The zero-order valence-corrected chi connectivity index (χ0v) is 12.6. The number of imidazole rings is 1. The topological polar surface area (TPSA) is 36.3 Å². The molecular weight excluding hydrogens is 276 g/mol. The van der Waals surface area contributed by atoms with Crippen molar-refractivity contribution in [2.24, 2.45) is 0 Å². The summed E-state index contributed by atoms with van der Waals surface area (Å²) in [6, 6.07) is 5.94.